The Kier molecular flexibility index (Phi) is 5.49. The molecule has 1 unspecified atom stereocenters. The lowest BCUT2D eigenvalue weighted by Crippen LogP contribution is -2.47. The highest BCUT2D eigenvalue weighted by molar-refractivity contribution is 5.97. The van der Waals surface area contributed by atoms with Crippen molar-refractivity contribution in [3.8, 4) is 0 Å². The number of carbonyl (C=O) groups excluding carboxylic acids is 2. The van der Waals surface area contributed by atoms with Gasteiger partial charge in [0.15, 0.2) is 5.43 Å². The van der Waals surface area contributed by atoms with Crippen LogP contribution < -0.4 is 16.1 Å². The topological polar surface area (TPSA) is 91.1 Å². The van der Waals surface area contributed by atoms with Crippen molar-refractivity contribution in [2.24, 2.45) is 5.92 Å². The van der Waals surface area contributed by atoms with Crippen molar-refractivity contribution < 1.29 is 9.59 Å². The lowest BCUT2D eigenvalue weighted by atomic mass is 10.0. The molecule has 0 saturated carbocycles. The predicted molar refractivity (Wildman–Crippen MR) is 76.6 cm³/mol. The average molecular weight is 279 g/mol. The Morgan fingerprint density at radius 1 is 1.35 bits per heavy atom. The van der Waals surface area contributed by atoms with Crippen LogP contribution in [0, 0.1) is 12.8 Å². The summed E-state index contributed by atoms with van der Waals surface area (Å²) in [7, 11) is 1.51. The number of aromatic amines is 1. The van der Waals surface area contributed by atoms with Gasteiger partial charge in [-0.05, 0) is 19.3 Å². The number of hydrogen-bond donors (Lipinski definition) is 3. The number of rotatable bonds is 5. The molecule has 2 amide bonds. The molecule has 0 fully saturated rings. The summed E-state index contributed by atoms with van der Waals surface area (Å²) < 4.78 is 0. The fourth-order valence-corrected chi connectivity index (χ4v) is 1.86. The van der Waals surface area contributed by atoms with E-state index in [1.54, 1.807) is 6.92 Å². The van der Waals surface area contributed by atoms with E-state index < -0.39 is 11.9 Å². The fraction of sp³-hybridized carbons (Fsp3) is 0.500. The van der Waals surface area contributed by atoms with Gasteiger partial charge in [0, 0.05) is 25.0 Å². The predicted octanol–water partition coefficient (Wildman–Crippen LogP) is 0.574. The second-order valence-electron chi connectivity index (χ2n) is 5.16. The third-order valence-electron chi connectivity index (χ3n) is 2.88. The Bertz CT molecular complexity index is 549. The number of likely N-dealkylation sites (N-methyl/N-ethyl adjacent to an activating group) is 1. The first kappa shape index (κ1) is 15.9. The molecule has 110 valence electrons. The van der Waals surface area contributed by atoms with Crippen LogP contribution in [0.25, 0.3) is 0 Å². The molecule has 3 N–H and O–H groups in total. The molecule has 0 aliphatic rings. The van der Waals surface area contributed by atoms with Gasteiger partial charge in [-0.25, -0.2) is 0 Å². The summed E-state index contributed by atoms with van der Waals surface area (Å²) in [6.07, 6.45) is 1.87. The second-order valence-corrected chi connectivity index (χ2v) is 5.16. The van der Waals surface area contributed by atoms with Crippen molar-refractivity contribution in [3.63, 3.8) is 0 Å². The summed E-state index contributed by atoms with van der Waals surface area (Å²) in [5, 5.41) is 5.12. The van der Waals surface area contributed by atoms with Gasteiger partial charge in [0.25, 0.3) is 5.91 Å². The Morgan fingerprint density at radius 2 is 2.00 bits per heavy atom. The summed E-state index contributed by atoms with van der Waals surface area (Å²) in [6, 6.07) is 0.708. The van der Waals surface area contributed by atoms with Gasteiger partial charge in [0.05, 0.1) is 0 Å². The standard InChI is InChI=1S/C14H21N3O3/c1-8(2)5-11(14(20)15-4)17-13(19)10-7-16-9(3)6-12(10)18/h6-8,11H,5H2,1-4H3,(H,15,20)(H,16,18)(H,17,19). The largest absolute Gasteiger partial charge is 0.364 e. The number of aryl methyl sites for hydroxylation is 1. The summed E-state index contributed by atoms with van der Waals surface area (Å²) in [4.78, 5) is 38.4. The first-order valence-electron chi connectivity index (χ1n) is 6.57. The van der Waals surface area contributed by atoms with Crippen molar-refractivity contribution in [1.29, 1.82) is 0 Å². The van der Waals surface area contributed by atoms with E-state index in [4.69, 9.17) is 0 Å². The van der Waals surface area contributed by atoms with Crippen LogP contribution in [0.4, 0.5) is 0 Å². The number of carbonyl (C=O) groups is 2. The number of amides is 2. The molecule has 1 aromatic rings. The maximum Gasteiger partial charge on any atom is 0.257 e. The molecule has 0 radical (unpaired) electrons. The molecule has 20 heavy (non-hydrogen) atoms. The van der Waals surface area contributed by atoms with Crippen LogP contribution in [0.5, 0.6) is 0 Å². The second kappa shape index (κ2) is 6.88. The van der Waals surface area contributed by atoms with E-state index >= 15 is 0 Å². The van der Waals surface area contributed by atoms with Crippen LogP contribution in [-0.2, 0) is 4.79 Å². The van der Waals surface area contributed by atoms with E-state index in [1.165, 1.54) is 19.3 Å². The zero-order valence-electron chi connectivity index (χ0n) is 12.2. The number of aromatic nitrogens is 1. The molecule has 0 aliphatic heterocycles. The van der Waals surface area contributed by atoms with Crippen LogP contribution in [0.15, 0.2) is 17.1 Å². The van der Waals surface area contributed by atoms with Crippen LogP contribution >= 0.6 is 0 Å². The van der Waals surface area contributed by atoms with Gasteiger partial charge >= 0.3 is 0 Å². The quantitative estimate of drug-likeness (QED) is 0.736. The summed E-state index contributed by atoms with van der Waals surface area (Å²) >= 11 is 0. The Balaban J connectivity index is 2.90. The number of nitrogens with one attached hydrogen (secondary N) is 3. The van der Waals surface area contributed by atoms with Gasteiger partial charge in [0.2, 0.25) is 5.91 Å². The van der Waals surface area contributed by atoms with Gasteiger partial charge in [-0.15, -0.1) is 0 Å². The minimum Gasteiger partial charge on any atom is -0.364 e. The lowest BCUT2D eigenvalue weighted by Gasteiger charge is -2.18. The molecule has 1 aromatic heterocycles. The molecule has 0 aromatic carbocycles. The Hall–Kier alpha value is -2.11. The van der Waals surface area contributed by atoms with E-state index in [0.29, 0.717) is 12.1 Å². The fourth-order valence-electron chi connectivity index (χ4n) is 1.86. The monoisotopic (exact) mass is 279 g/mol. The van der Waals surface area contributed by atoms with Crippen LogP contribution in [0.2, 0.25) is 0 Å². The summed E-state index contributed by atoms with van der Waals surface area (Å²) in [5.41, 5.74) is 0.323. The van der Waals surface area contributed by atoms with Crippen LogP contribution in [0.3, 0.4) is 0 Å². The lowest BCUT2D eigenvalue weighted by molar-refractivity contribution is -0.122. The van der Waals surface area contributed by atoms with Gasteiger partial charge in [-0.3, -0.25) is 14.4 Å². The zero-order valence-corrected chi connectivity index (χ0v) is 12.2. The van der Waals surface area contributed by atoms with Crippen molar-refractivity contribution >= 4 is 11.8 Å². The van der Waals surface area contributed by atoms with Gasteiger partial charge in [0.1, 0.15) is 11.6 Å². The maximum atomic E-state index is 12.1. The highest BCUT2D eigenvalue weighted by atomic mass is 16.2. The average Bonchev–Trinajstić information content (AvgIpc) is 2.36. The highest BCUT2D eigenvalue weighted by Gasteiger charge is 2.22. The van der Waals surface area contributed by atoms with E-state index in [2.05, 4.69) is 15.6 Å². The number of H-pyrrole nitrogens is 1. The van der Waals surface area contributed by atoms with Gasteiger partial charge in [-0.1, -0.05) is 13.8 Å². The first-order valence-corrected chi connectivity index (χ1v) is 6.57. The highest BCUT2D eigenvalue weighted by Crippen LogP contribution is 2.05. The van der Waals surface area contributed by atoms with Gasteiger partial charge in [-0.2, -0.15) is 0 Å². The normalized spacial score (nSPS) is 12.1. The molecule has 1 rings (SSSR count). The molecule has 0 spiro atoms. The van der Waals surface area contributed by atoms with Gasteiger partial charge < -0.3 is 15.6 Å². The number of hydrogen-bond acceptors (Lipinski definition) is 3. The Labute approximate surface area is 118 Å². The van der Waals surface area contributed by atoms with E-state index in [0.717, 1.165) is 0 Å². The molecular formula is C14H21N3O3. The maximum absolute atomic E-state index is 12.1. The molecule has 6 nitrogen and oxygen atoms in total. The van der Waals surface area contributed by atoms with E-state index in [-0.39, 0.29) is 22.8 Å². The molecule has 0 aliphatic carbocycles. The number of pyridine rings is 1. The summed E-state index contributed by atoms with van der Waals surface area (Å²) in [6.45, 7) is 5.65. The molecular weight excluding hydrogens is 258 g/mol. The molecule has 1 heterocycles. The Morgan fingerprint density at radius 3 is 2.50 bits per heavy atom. The van der Waals surface area contributed by atoms with Crippen molar-refractivity contribution in [2.75, 3.05) is 7.05 Å². The van der Waals surface area contributed by atoms with Crippen molar-refractivity contribution in [2.45, 2.75) is 33.2 Å². The minimum absolute atomic E-state index is 0.00765. The first-order chi connectivity index (χ1) is 9.35. The molecule has 1 atom stereocenters. The molecule has 0 bridgehead atoms. The molecule has 0 saturated heterocycles. The van der Waals surface area contributed by atoms with Crippen molar-refractivity contribution in [1.82, 2.24) is 15.6 Å². The smallest absolute Gasteiger partial charge is 0.257 e. The van der Waals surface area contributed by atoms with E-state index in [9.17, 15) is 14.4 Å². The SMILES string of the molecule is CNC(=O)C(CC(C)C)NC(=O)c1c[nH]c(C)cc1=O. The third-order valence-corrected chi connectivity index (χ3v) is 2.88. The van der Waals surface area contributed by atoms with E-state index in [1.807, 2.05) is 13.8 Å². The minimum atomic E-state index is -0.645. The third kappa shape index (κ3) is 4.22. The van der Waals surface area contributed by atoms with Crippen LogP contribution in [-0.4, -0.2) is 29.9 Å². The van der Waals surface area contributed by atoms with Crippen LogP contribution in [0.1, 0.15) is 36.3 Å². The molecule has 6 heteroatoms. The summed E-state index contributed by atoms with van der Waals surface area (Å²) in [5.74, 6) is -0.565. The van der Waals surface area contributed by atoms with Crippen molar-refractivity contribution in [3.05, 3.63) is 33.7 Å². The zero-order chi connectivity index (χ0) is 15.3.